The largest absolute Gasteiger partial charge is 0.466 e. The number of benzene rings is 1. The van der Waals surface area contributed by atoms with E-state index in [2.05, 4.69) is 5.32 Å². The number of rotatable bonds is 6. The highest BCUT2D eigenvalue weighted by Crippen LogP contribution is 2.07. The molecular formula is C11H16N2O2. The third-order valence-corrected chi connectivity index (χ3v) is 2.24. The third-order valence-electron chi connectivity index (χ3n) is 2.24. The summed E-state index contributed by atoms with van der Waals surface area (Å²) in [4.78, 5) is 10.1. The van der Waals surface area contributed by atoms with Crippen LogP contribution in [-0.4, -0.2) is 26.2 Å². The van der Waals surface area contributed by atoms with Crippen LogP contribution in [0.15, 0.2) is 24.3 Å². The summed E-state index contributed by atoms with van der Waals surface area (Å²) in [7, 11) is 1.84. The summed E-state index contributed by atoms with van der Waals surface area (Å²) in [5.41, 5.74) is 7.50. The van der Waals surface area contributed by atoms with Gasteiger partial charge >= 0.3 is 0 Å². The van der Waals surface area contributed by atoms with Gasteiger partial charge in [-0.05, 0) is 31.2 Å². The van der Waals surface area contributed by atoms with Crippen molar-refractivity contribution in [3.05, 3.63) is 29.8 Å². The monoisotopic (exact) mass is 208 g/mol. The molecule has 0 bridgehead atoms. The number of ether oxygens (including phenoxy) is 1. The first-order chi connectivity index (χ1) is 7.26. The molecular weight excluding hydrogens is 192 g/mol. The zero-order valence-electron chi connectivity index (χ0n) is 8.77. The van der Waals surface area contributed by atoms with Crippen molar-refractivity contribution in [2.24, 2.45) is 0 Å². The zero-order chi connectivity index (χ0) is 11.1. The van der Waals surface area contributed by atoms with Crippen molar-refractivity contribution >= 4 is 12.2 Å². The lowest BCUT2D eigenvalue weighted by Crippen LogP contribution is -2.32. The molecule has 0 aliphatic rings. The van der Waals surface area contributed by atoms with Crippen LogP contribution in [-0.2, 0) is 16.0 Å². The van der Waals surface area contributed by atoms with Crippen LogP contribution < -0.4 is 11.1 Å². The van der Waals surface area contributed by atoms with E-state index >= 15 is 0 Å². The molecule has 1 aromatic carbocycles. The second kappa shape index (κ2) is 6.03. The third kappa shape index (κ3) is 3.99. The van der Waals surface area contributed by atoms with Gasteiger partial charge in [-0.25, -0.2) is 0 Å². The van der Waals surface area contributed by atoms with Gasteiger partial charge in [-0.15, -0.1) is 0 Å². The van der Waals surface area contributed by atoms with E-state index in [9.17, 15) is 4.79 Å². The molecule has 1 rings (SSSR count). The highest BCUT2D eigenvalue weighted by molar-refractivity contribution is 5.39. The van der Waals surface area contributed by atoms with Crippen LogP contribution >= 0.6 is 0 Å². The Morgan fingerprint density at radius 3 is 2.67 bits per heavy atom. The van der Waals surface area contributed by atoms with Gasteiger partial charge < -0.3 is 15.8 Å². The van der Waals surface area contributed by atoms with Crippen molar-refractivity contribution in [2.45, 2.75) is 12.5 Å². The number of carbonyl (C=O) groups is 1. The van der Waals surface area contributed by atoms with Crippen molar-refractivity contribution in [1.29, 1.82) is 0 Å². The molecule has 82 valence electrons. The smallest absolute Gasteiger partial charge is 0.293 e. The van der Waals surface area contributed by atoms with Gasteiger partial charge in [0.15, 0.2) is 0 Å². The van der Waals surface area contributed by atoms with Crippen LogP contribution in [0.4, 0.5) is 5.69 Å². The topological polar surface area (TPSA) is 64.3 Å². The van der Waals surface area contributed by atoms with Gasteiger partial charge in [0.25, 0.3) is 6.47 Å². The number of nitrogens with two attached hydrogens (primary N) is 1. The summed E-state index contributed by atoms with van der Waals surface area (Å²) in [6.45, 7) is 0.845. The molecule has 0 saturated carbocycles. The highest BCUT2D eigenvalue weighted by Gasteiger charge is 2.07. The minimum atomic E-state index is 0.138. The summed E-state index contributed by atoms with van der Waals surface area (Å²) in [5, 5.41) is 3.08. The minimum absolute atomic E-state index is 0.138. The minimum Gasteiger partial charge on any atom is -0.466 e. The second-order valence-corrected chi connectivity index (χ2v) is 3.36. The summed E-state index contributed by atoms with van der Waals surface area (Å²) >= 11 is 0. The lowest BCUT2D eigenvalue weighted by atomic mass is 10.1. The predicted octanol–water partition coefficient (Wildman–Crippen LogP) is 0.572. The van der Waals surface area contributed by atoms with Crippen molar-refractivity contribution in [3.63, 3.8) is 0 Å². The molecule has 1 atom stereocenters. The molecule has 15 heavy (non-hydrogen) atoms. The van der Waals surface area contributed by atoms with Crippen LogP contribution in [0, 0.1) is 0 Å². The maximum Gasteiger partial charge on any atom is 0.293 e. The quantitative estimate of drug-likeness (QED) is 0.530. The molecule has 0 aromatic heterocycles. The fourth-order valence-corrected chi connectivity index (χ4v) is 1.34. The Labute approximate surface area is 89.4 Å². The standard InChI is InChI=1S/C11H16N2O2/c1-13-11(7-15-8-14)6-9-2-4-10(12)5-3-9/h2-5,8,11,13H,6-7,12H2,1H3. The molecule has 4 nitrogen and oxygen atoms in total. The van der Waals surface area contributed by atoms with Crippen molar-refractivity contribution in [3.8, 4) is 0 Å². The Morgan fingerprint density at radius 1 is 1.47 bits per heavy atom. The molecule has 0 aliphatic heterocycles. The van der Waals surface area contributed by atoms with Crippen LogP contribution in [0.2, 0.25) is 0 Å². The van der Waals surface area contributed by atoms with E-state index in [4.69, 9.17) is 10.5 Å². The van der Waals surface area contributed by atoms with Crippen LogP contribution in [0.5, 0.6) is 0 Å². The molecule has 4 heteroatoms. The molecule has 0 heterocycles. The second-order valence-electron chi connectivity index (χ2n) is 3.36. The Hall–Kier alpha value is -1.55. The maximum atomic E-state index is 10.1. The van der Waals surface area contributed by atoms with Gasteiger partial charge in [-0.3, -0.25) is 4.79 Å². The average molecular weight is 208 g/mol. The number of likely N-dealkylation sites (N-methyl/N-ethyl adjacent to an activating group) is 1. The number of carbonyl (C=O) groups excluding carboxylic acids is 1. The molecule has 1 unspecified atom stereocenters. The summed E-state index contributed by atoms with van der Waals surface area (Å²) in [6.07, 6.45) is 0.810. The number of nitrogens with one attached hydrogen (secondary N) is 1. The van der Waals surface area contributed by atoms with Gasteiger partial charge in [0.1, 0.15) is 6.61 Å². The van der Waals surface area contributed by atoms with Crippen LogP contribution in [0.1, 0.15) is 5.56 Å². The van der Waals surface area contributed by atoms with Crippen LogP contribution in [0.3, 0.4) is 0 Å². The molecule has 0 fully saturated rings. The van der Waals surface area contributed by atoms with E-state index in [-0.39, 0.29) is 6.04 Å². The SMILES string of the molecule is CNC(COC=O)Cc1ccc(N)cc1. The number of nitrogen functional groups attached to an aromatic ring is 1. The summed E-state index contributed by atoms with van der Waals surface area (Å²) in [6, 6.07) is 7.81. The van der Waals surface area contributed by atoms with Crippen molar-refractivity contribution < 1.29 is 9.53 Å². The summed E-state index contributed by atoms with van der Waals surface area (Å²) in [5.74, 6) is 0. The molecule has 0 amide bonds. The Morgan fingerprint density at radius 2 is 2.13 bits per heavy atom. The average Bonchev–Trinajstić information content (AvgIpc) is 2.27. The van der Waals surface area contributed by atoms with E-state index in [0.29, 0.717) is 13.1 Å². The Balaban J connectivity index is 2.50. The number of hydrogen-bond donors (Lipinski definition) is 2. The van der Waals surface area contributed by atoms with Gasteiger partial charge in [-0.2, -0.15) is 0 Å². The molecule has 0 spiro atoms. The lowest BCUT2D eigenvalue weighted by molar-refractivity contribution is -0.129. The molecule has 0 saturated heterocycles. The molecule has 0 aliphatic carbocycles. The highest BCUT2D eigenvalue weighted by atomic mass is 16.5. The number of hydrogen-bond acceptors (Lipinski definition) is 4. The zero-order valence-corrected chi connectivity index (χ0v) is 8.77. The van der Waals surface area contributed by atoms with Gasteiger partial charge in [-0.1, -0.05) is 12.1 Å². The normalized spacial score (nSPS) is 12.1. The lowest BCUT2D eigenvalue weighted by Gasteiger charge is -2.14. The van der Waals surface area contributed by atoms with Gasteiger partial charge in [0.05, 0.1) is 0 Å². The number of anilines is 1. The summed E-state index contributed by atoms with van der Waals surface area (Å²) < 4.78 is 4.71. The first-order valence-corrected chi connectivity index (χ1v) is 4.83. The molecule has 3 N–H and O–H groups in total. The van der Waals surface area contributed by atoms with E-state index in [1.165, 1.54) is 0 Å². The van der Waals surface area contributed by atoms with Crippen LogP contribution in [0.25, 0.3) is 0 Å². The van der Waals surface area contributed by atoms with Crippen molar-refractivity contribution in [2.75, 3.05) is 19.4 Å². The Bertz CT molecular complexity index is 298. The molecule has 0 radical (unpaired) electrons. The van der Waals surface area contributed by atoms with E-state index in [1.807, 2.05) is 31.3 Å². The first-order valence-electron chi connectivity index (χ1n) is 4.83. The van der Waals surface area contributed by atoms with Crippen molar-refractivity contribution in [1.82, 2.24) is 5.32 Å². The van der Waals surface area contributed by atoms with E-state index in [0.717, 1.165) is 17.7 Å². The maximum absolute atomic E-state index is 10.1. The van der Waals surface area contributed by atoms with Gasteiger partial charge in [0, 0.05) is 11.7 Å². The Kier molecular flexibility index (Phi) is 4.63. The fourth-order valence-electron chi connectivity index (χ4n) is 1.34. The van der Waals surface area contributed by atoms with E-state index < -0.39 is 0 Å². The fraction of sp³-hybridized carbons (Fsp3) is 0.364. The van der Waals surface area contributed by atoms with Gasteiger partial charge in [0.2, 0.25) is 0 Å². The first kappa shape index (κ1) is 11.5. The molecule has 1 aromatic rings. The predicted molar refractivity (Wildman–Crippen MR) is 59.4 cm³/mol. The van der Waals surface area contributed by atoms with E-state index in [1.54, 1.807) is 0 Å².